The van der Waals surface area contributed by atoms with Crippen LogP contribution in [0.15, 0.2) is 36.4 Å². The monoisotopic (exact) mass is 510 g/mol. The highest BCUT2D eigenvalue weighted by Gasteiger charge is 2.47. The van der Waals surface area contributed by atoms with Gasteiger partial charge < -0.3 is 13.9 Å². The Balaban J connectivity index is 1.93. The van der Waals surface area contributed by atoms with Crippen LogP contribution in [0.2, 0.25) is 18.1 Å². The van der Waals surface area contributed by atoms with Crippen molar-refractivity contribution in [1.29, 1.82) is 0 Å². The zero-order chi connectivity index (χ0) is 26.2. The first-order valence-electron chi connectivity index (χ1n) is 13.9. The predicted molar refractivity (Wildman–Crippen MR) is 150 cm³/mol. The van der Waals surface area contributed by atoms with Gasteiger partial charge in [-0.1, -0.05) is 58.7 Å². The van der Waals surface area contributed by atoms with Crippen LogP contribution in [-0.2, 0) is 9.22 Å². The van der Waals surface area contributed by atoms with E-state index in [0.717, 1.165) is 43.6 Å². The van der Waals surface area contributed by atoms with E-state index in [-0.39, 0.29) is 34.9 Å². The molecule has 0 amide bonds. The van der Waals surface area contributed by atoms with Crippen LogP contribution < -0.4 is 9.47 Å². The summed E-state index contributed by atoms with van der Waals surface area (Å²) in [5.74, 6) is 8.32. The molecule has 36 heavy (non-hydrogen) atoms. The zero-order valence-corrected chi connectivity index (χ0v) is 24.3. The van der Waals surface area contributed by atoms with E-state index in [1.54, 1.807) is 0 Å². The highest BCUT2D eigenvalue weighted by atomic mass is 28.4. The molecule has 3 rings (SSSR count). The third kappa shape index (κ3) is 7.73. The van der Waals surface area contributed by atoms with Crippen molar-refractivity contribution in [3.8, 4) is 23.3 Å². The lowest BCUT2D eigenvalue weighted by Crippen LogP contribution is -2.45. The molecule has 4 atom stereocenters. The lowest BCUT2D eigenvalue weighted by Gasteiger charge is -2.39. The minimum absolute atomic E-state index is 0.0230. The zero-order valence-electron chi connectivity index (χ0n) is 23.3. The van der Waals surface area contributed by atoms with Gasteiger partial charge in [-0.15, -0.1) is 11.8 Å². The number of carbonyl (C=O) groups is 1. The Hall–Kier alpha value is -2.03. The van der Waals surface area contributed by atoms with Crippen LogP contribution in [0.1, 0.15) is 79.1 Å². The van der Waals surface area contributed by atoms with Gasteiger partial charge in [-0.05, 0) is 55.6 Å². The van der Waals surface area contributed by atoms with Crippen molar-refractivity contribution in [2.45, 2.75) is 109 Å². The molecule has 1 aromatic rings. The first-order valence-corrected chi connectivity index (χ1v) is 16.8. The van der Waals surface area contributed by atoms with E-state index in [9.17, 15) is 4.79 Å². The van der Waals surface area contributed by atoms with Gasteiger partial charge in [-0.3, -0.25) is 4.79 Å². The van der Waals surface area contributed by atoms with Crippen LogP contribution in [-0.4, -0.2) is 32.9 Å². The second-order valence-corrected chi connectivity index (χ2v) is 16.5. The Morgan fingerprint density at radius 1 is 1.08 bits per heavy atom. The summed E-state index contributed by atoms with van der Waals surface area (Å²) in [6.45, 7) is 14.1. The number of Topliss-reactive ketones (excluding diaryl/α,β-unsaturated/α-hetero) is 1. The number of benzene rings is 1. The predicted octanol–water partition coefficient (Wildman–Crippen LogP) is 7.73. The highest BCUT2D eigenvalue weighted by molar-refractivity contribution is 6.74. The van der Waals surface area contributed by atoms with E-state index in [1.807, 2.05) is 24.3 Å². The van der Waals surface area contributed by atoms with E-state index in [4.69, 9.17) is 13.9 Å². The maximum atomic E-state index is 13.2. The second kappa shape index (κ2) is 13.0. The average molecular weight is 511 g/mol. The molecule has 2 aliphatic rings. The smallest absolute Gasteiger partial charge is 0.192 e. The maximum Gasteiger partial charge on any atom is 0.192 e. The Labute approximate surface area is 220 Å². The van der Waals surface area contributed by atoms with Gasteiger partial charge in [0.25, 0.3) is 0 Å². The third-order valence-electron chi connectivity index (χ3n) is 7.88. The van der Waals surface area contributed by atoms with Crippen molar-refractivity contribution >= 4 is 14.1 Å². The van der Waals surface area contributed by atoms with Crippen LogP contribution in [0.25, 0.3) is 0 Å². The second-order valence-electron chi connectivity index (χ2n) is 11.8. The topological polar surface area (TPSA) is 44.8 Å². The highest BCUT2D eigenvalue weighted by Crippen LogP contribution is 2.43. The number of unbranched alkanes of at least 4 members (excludes halogenated alkanes) is 2. The molecule has 0 spiro atoms. The lowest BCUT2D eigenvalue weighted by molar-refractivity contribution is -0.121. The van der Waals surface area contributed by atoms with Gasteiger partial charge in [0.15, 0.2) is 19.8 Å². The number of carbonyl (C=O) groups excluding carboxylic acids is 1. The molecule has 1 heterocycles. The number of hydrogen-bond donors (Lipinski definition) is 0. The Morgan fingerprint density at radius 3 is 2.56 bits per heavy atom. The van der Waals surface area contributed by atoms with Crippen LogP contribution in [0.3, 0.4) is 0 Å². The summed E-state index contributed by atoms with van der Waals surface area (Å²) in [5.41, 5.74) is 0. The normalized spacial score (nSPS) is 26.2. The molecular formula is C31H46O4Si. The fourth-order valence-corrected chi connectivity index (χ4v) is 5.98. The van der Waals surface area contributed by atoms with Crippen molar-refractivity contribution in [1.82, 2.24) is 0 Å². The van der Waals surface area contributed by atoms with E-state index in [2.05, 4.69) is 64.8 Å². The van der Waals surface area contributed by atoms with Crippen LogP contribution in [0.4, 0.5) is 0 Å². The molecule has 1 saturated carbocycles. The van der Waals surface area contributed by atoms with Gasteiger partial charge in [-0.25, -0.2) is 0 Å². The Morgan fingerprint density at radius 2 is 1.83 bits per heavy atom. The number of ketones is 1. The molecule has 0 N–H and O–H groups in total. The van der Waals surface area contributed by atoms with E-state index in [0.29, 0.717) is 19.4 Å². The van der Waals surface area contributed by atoms with Crippen molar-refractivity contribution < 1.29 is 18.7 Å². The maximum absolute atomic E-state index is 13.2. The van der Waals surface area contributed by atoms with Crippen molar-refractivity contribution in [2.75, 3.05) is 6.61 Å². The van der Waals surface area contributed by atoms with Gasteiger partial charge in [0.05, 0.1) is 12.7 Å². The van der Waals surface area contributed by atoms with Crippen LogP contribution in [0, 0.1) is 23.7 Å². The van der Waals surface area contributed by atoms with Gasteiger partial charge in [0.1, 0.15) is 11.9 Å². The molecule has 0 bridgehead atoms. The molecule has 1 aliphatic heterocycles. The van der Waals surface area contributed by atoms with E-state index < -0.39 is 8.32 Å². The Bertz CT molecular complexity index is 949. The summed E-state index contributed by atoms with van der Waals surface area (Å²) < 4.78 is 19.4. The minimum atomic E-state index is -2.03. The number of hydrogen-bond acceptors (Lipinski definition) is 4. The molecular weight excluding hydrogens is 464 g/mol. The molecule has 0 saturated heterocycles. The number of para-hydroxylation sites is 2. The SMILES string of the molecule is CCCCC[C@H]1/C=C/[C@H]2[C@H](O[Si](C)(C)C(C)(C)C)CC(=O)[C@@H]2CC#CCCCOc2ccccc2O1. The van der Waals surface area contributed by atoms with Crippen molar-refractivity contribution in [3.63, 3.8) is 0 Å². The number of fused-ring (bicyclic) bond motifs is 2. The van der Waals surface area contributed by atoms with Gasteiger partial charge in [-0.2, -0.15) is 0 Å². The third-order valence-corrected chi connectivity index (χ3v) is 12.4. The largest absolute Gasteiger partial charge is 0.490 e. The van der Waals surface area contributed by atoms with Gasteiger partial charge in [0, 0.05) is 31.1 Å². The van der Waals surface area contributed by atoms with E-state index in [1.165, 1.54) is 6.42 Å². The number of rotatable bonds is 6. The first kappa shape index (κ1) is 28.5. The fourth-order valence-electron chi connectivity index (χ4n) is 4.63. The summed E-state index contributed by atoms with van der Waals surface area (Å²) in [7, 11) is -2.03. The molecule has 1 aromatic carbocycles. The molecule has 0 aromatic heterocycles. The van der Waals surface area contributed by atoms with Crippen molar-refractivity contribution in [2.24, 2.45) is 11.8 Å². The molecule has 4 nitrogen and oxygen atoms in total. The van der Waals surface area contributed by atoms with Gasteiger partial charge >= 0.3 is 0 Å². The van der Waals surface area contributed by atoms with Crippen molar-refractivity contribution in [3.05, 3.63) is 36.4 Å². The lowest BCUT2D eigenvalue weighted by atomic mass is 9.90. The molecule has 5 heteroatoms. The van der Waals surface area contributed by atoms with Crippen LogP contribution >= 0.6 is 0 Å². The molecule has 0 unspecified atom stereocenters. The molecule has 1 aliphatic carbocycles. The van der Waals surface area contributed by atoms with E-state index >= 15 is 0 Å². The molecule has 198 valence electrons. The first-order chi connectivity index (χ1) is 17.1. The molecule has 1 fully saturated rings. The quantitative estimate of drug-likeness (QED) is 0.170. The van der Waals surface area contributed by atoms with Gasteiger partial charge in [0.2, 0.25) is 0 Å². The Kier molecular flexibility index (Phi) is 10.3. The molecule has 0 radical (unpaired) electrons. The minimum Gasteiger partial charge on any atom is -0.490 e. The summed E-state index contributed by atoms with van der Waals surface area (Å²) in [6.07, 6.45) is 11.2. The average Bonchev–Trinajstić information content (AvgIpc) is 3.09. The fraction of sp³-hybridized carbons (Fsp3) is 0.645. The summed E-state index contributed by atoms with van der Waals surface area (Å²) in [6, 6.07) is 7.93. The number of ether oxygens (including phenoxy) is 2. The van der Waals surface area contributed by atoms with Crippen LogP contribution in [0.5, 0.6) is 11.5 Å². The summed E-state index contributed by atoms with van der Waals surface area (Å²) in [5, 5.41) is 0.0902. The standard InChI is InChI=1S/C31H46O4Si/c1-7-8-11-16-24-20-21-26-25(27(32)23-30(26)35-36(5,6)31(2,3)4)17-12-9-10-15-22-33-28-18-13-14-19-29(28)34-24/h13-14,18-21,24-26,30H,7-8,10-11,15-17,22-23H2,1-6H3/b21-20+/t24-,25+,26+,30+/m0/s1. The summed E-state index contributed by atoms with van der Waals surface area (Å²) >= 11 is 0. The summed E-state index contributed by atoms with van der Waals surface area (Å²) in [4.78, 5) is 13.2.